The third-order valence-corrected chi connectivity index (χ3v) is 6.26. The van der Waals surface area contributed by atoms with Crippen LogP contribution in [0.1, 0.15) is 29.0 Å². The molecule has 5 rings (SSSR count). The number of nitrogens with one attached hydrogen (secondary N) is 1. The van der Waals surface area contributed by atoms with E-state index < -0.39 is 0 Å². The van der Waals surface area contributed by atoms with Gasteiger partial charge in [-0.05, 0) is 47.0 Å². The number of rotatable bonds is 8. The first kappa shape index (κ1) is 22.5. The number of nitrogens with zero attached hydrogens (tertiary/aromatic N) is 1. The van der Waals surface area contributed by atoms with Gasteiger partial charge >= 0.3 is 0 Å². The van der Waals surface area contributed by atoms with Crippen molar-refractivity contribution in [1.29, 1.82) is 0 Å². The van der Waals surface area contributed by atoms with E-state index in [1.54, 1.807) is 0 Å². The van der Waals surface area contributed by atoms with Crippen LogP contribution in [0.4, 0.5) is 0 Å². The average Bonchev–Trinajstić information content (AvgIpc) is 3.23. The third-order valence-electron chi connectivity index (χ3n) is 6.26. The van der Waals surface area contributed by atoms with Crippen molar-refractivity contribution in [3.63, 3.8) is 0 Å². The molecule has 174 valence electrons. The van der Waals surface area contributed by atoms with Gasteiger partial charge in [-0.25, -0.2) is 0 Å². The van der Waals surface area contributed by atoms with Gasteiger partial charge in [-0.1, -0.05) is 78.9 Å². The molecule has 0 fully saturated rings. The van der Waals surface area contributed by atoms with Crippen molar-refractivity contribution in [1.82, 2.24) is 9.88 Å². The first-order chi connectivity index (χ1) is 17.2. The summed E-state index contributed by atoms with van der Waals surface area (Å²) in [7, 11) is 2.05. The molecule has 0 aliphatic carbocycles. The molecule has 4 aromatic carbocycles. The van der Waals surface area contributed by atoms with Crippen molar-refractivity contribution in [3.8, 4) is 11.5 Å². The van der Waals surface area contributed by atoms with E-state index in [-0.39, 0.29) is 11.8 Å². The van der Waals surface area contributed by atoms with Crippen molar-refractivity contribution in [2.24, 2.45) is 7.05 Å². The maximum atomic E-state index is 13.1. The summed E-state index contributed by atoms with van der Waals surface area (Å²) < 4.78 is 8.23. The maximum Gasteiger partial charge on any atom is 0.221 e. The van der Waals surface area contributed by atoms with E-state index >= 15 is 0 Å². The Bertz CT molecular complexity index is 1420. The number of aromatic nitrogens is 1. The molecule has 0 saturated carbocycles. The van der Waals surface area contributed by atoms with Gasteiger partial charge in [0.2, 0.25) is 5.91 Å². The van der Waals surface area contributed by atoms with Crippen LogP contribution in [0.15, 0.2) is 115 Å². The molecular weight excluding hydrogens is 432 g/mol. The molecule has 35 heavy (non-hydrogen) atoms. The van der Waals surface area contributed by atoms with Crippen LogP contribution in [-0.4, -0.2) is 10.5 Å². The minimum absolute atomic E-state index is 0.0150. The lowest BCUT2D eigenvalue weighted by Crippen LogP contribution is -2.25. The largest absolute Gasteiger partial charge is 0.457 e. The highest BCUT2D eigenvalue weighted by atomic mass is 16.5. The summed E-state index contributed by atoms with van der Waals surface area (Å²) in [5, 5.41) is 4.26. The fourth-order valence-corrected chi connectivity index (χ4v) is 4.53. The number of aryl methyl sites for hydroxylation is 1. The number of para-hydroxylation sites is 2. The lowest BCUT2D eigenvalue weighted by molar-refractivity contribution is -0.121. The van der Waals surface area contributed by atoms with Crippen molar-refractivity contribution in [3.05, 3.63) is 132 Å². The van der Waals surface area contributed by atoms with Crippen LogP contribution in [0.2, 0.25) is 0 Å². The molecule has 1 amide bonds. The Hall–Kier alpha value is -4.31. The number of hydrogen-bond acceptors (Lipinski definition) is 2. The van der Waals surface area contributed by atoms with E-state index in [0.29, 0.717) is 13.0 Å². The summed E-state index contributed by atoms with van der Waals surface area (Å²) in [6, 6.07) is 36.1. The molecule has 5 aromatic rings. The van der Waals surface area contributed by atoms with Gasteiger partial charge < -0.3 is 14.6 Å². The van der Waals surface area contributed by atoms with Gasteiger partial charge in [-0.15, -0.1) is 0 Å². The zero-order chi connectivity index (χ0) is 24.0. The Balaban J connectivity index is 1.46. The summed E-state index contributed by atoms with van der Waals surface area (Å²) in [4.78, 5) is 13.1. The molecule has 0 aliphatic heterocycles. The average molecular weight is 461 g/mol. The fraction of sp³-hybridized carbons (Fsp3) is 0.129. The molecule has 4 heteroatoms. The quantitative estimate of drug-likeness (QED) is 0.276. The fourth-order valence-electron chi connectivity index (χ4n) is 4.53. The van der Waals surface area contributed by atoms with Gasteiger partial charge in [0.25, 0.3) is 0 Å². The minimum Gasteiger partial charge on any atom is -0.457 e. The zero-order valence-electron chi connectivity index (χ0n) is 19.7. The number of amides is 1. The Morgan fingerprint density at radius 3 is 2.31 bits per heavy atom. The molecule has 0 unspecified atom stereocenters. The minimum atomic E-state index is -0.115. The van der Waals surface area contributed by atoms with Gasteiger partial charge in [-0.2, -0.15) is 0 Å². The van der Waals surface area contributed by atoms with Crippen LogP contribution in [0.5, 0.6) is 11.5 Å². The second-order valence-corrected chi connectivity index (χ2v) is 8.72. The van der Waals surface area contributed by atoms with Gasteiger partial charge in [0.15, 0.2) is 0 Å². The van der Waals surface area contributed by atoms with Gasteiger partial charge in [0.05, 0.1) is 0 Å². The molecule has 1 atom stereocenters. The number of carbonyl (C=O) groups excluding carboxylic acids is 1. The van der Waals surface area contributed by atoms with Crippen LogP contribution in [0.25, 0.3) is 10.9 Å². The first-order valence-corrected chi connectivity index (χ1v) is 11.8. The molecule has 0 spiro atoms. The Labute approximate surface area is 205 Å². The number of ether oxygens (including phenoxy) is 1. The van der Waals surface area contributed by atoms with Crippen LogP contribution < -0.4 is 10.1 Å². The summed E-state index contributed by atoms with van der Waals surface area (Å²) in [6.45, 7) is 0.513. The van der Waals surface area contributed by atoms with Crippen molar-refractivity contribution in [2.45, 2.75) is 18.9 Å². The maximum absolute atomic E-state index is 13.1. The monoisotopic (exact) mass is 460 g/mol. The molecule has 1 aromatic heterocycles. The molecule has 0 saturated heterocycles. The molecule has 0 bridgehead atoms. The highest BCUT2D eigenvalue weighted by Crippen LogP contribution is 2.36. The summed E-state index contributed by atoms with van der Waals surface area (Å²) >= 11 is 0. The molecular formula is C31H28N2O2. The zero-order valence-corrected chi connectivity index (χ0v) is 19.7. The van der Waals surface area contributed by atoms with E-state index in [1.165, 1.54) is 0 Å². The smallest absolute Gasteiger partial charge is 0.221 e. The second kappa shape index (κ2) is 10.3. The van der Waals surface area contributed by atoms with E-state index in [2.05, 4.69) is 34.3 Å². The van der Waals surface area contributed by atoms with Crippen molar-refractivity contribution in [2.75, 3.05) is 0 Å². The highest BCUT2D eigenvalue weighted by Gasteiger charge is 2.23. The van der Waals surface area contributed by atoms with Crippen LogP contribution in [0, 0.1) is 0 Å². The molecule has 1 N–H and O–H groups in total. The van der Waals surface area contributed by atoms with Crippen LogP contribution >= 0.6 is 0 Å². The Morgan fingerprint density at radius 2 is 1.51 bits per heavy atom. The van der Waals surface area contributed by atoms with E-state index in [4.69, 9.17) is 4.74 Å². The summed E-state index contributed by atoms with van der Waals surface area (Å²) in [6.07, 6.45) is 2.49. The van der Waals surface area contributed by atoms with E-state index in [9.17, 15) is 4.79 Å². The number of hydrogen-bond donors (Lipinski definition) is 1. The molecule has 1 heterocycles. The first-order valence-electron chi connectivity index (χ1n) is 11.8. The summed E-state index contributed by atoms with van der Waals surface area (Å²) in [5.74, 6) is 1.44. The number of carbonyl (C=O) groups is 1. The topological polar surface area (TPSA) is 43.3 Å². The Kier molecular flexibility index (Phi) is 6.62. The SMILES string of the molecule is Cn1cc([C@@H](CC(=O)NCc2ccccc2)c2cccc(Oc3ccccc3)c2)c2ccccc21. The van der Waals surface area contributed by atoms with Crippen molar-refractivity contribution >= 4 is 16.8 Å². The summed E-state index contributed by atoms with van der Waals surface area (Å²) in [5.41, 5.74) is 4.41. The van der Waals surface area contributed by atoms with Crippen LogP contribution in [-0.2, 0) is 18.4 Å². The molecule has 0 radical (unpaired) electrons. The van der Waals surface area contributed by atoms with E-state index in [0.717, 1.165) is 39.1 Å². The highest BCUT2D eigenvalue weighted by molar-refractivity contribution is 5.86. The Morgan fingerprint density at radius 1 is 0.829 bits per heavy atom. The van der Waals surface area contributed by atoms with Gasteiger partial charge in [0.1, 0.15) is 11.5 Å². The van der Waals surface area contributed by atoms with Gasteiger partial charge in [0, 0.05) is 43.0 Å². The van der Waals surface area contributed by atoms with Crippen LogP contribution in [0.3, 0.4) is 0 Å². The van der Waals surface area contributed by atoms with E-state index in [1.807, 2.05) is 98.0 Å². The molecule has 4 nitrogen and oxygen atoms in total. The second-order valence-electron chi connectivity index (χ2n) is 8.72. The normalized spacial score (nSPS) is 11.8. The predicted octanol–water partition coefficient (Wildman–Crippen LogP) is 6.81. The lowest BCUT2D eigenvalue weighted by atomic mass is 9.88. The standard InChI is InChI=1S/C31H28N2O2/c1-33-22-29(27-17-8-9-18-30(27)33)28(20-31(34)32-21-23-11-4-2-5-12-23)24-13-10-16-26(19-24)35-25-14-6-3-7-15-25/h2-19,22,28H,20-21H2,1H3,(H,32,34)/t28-/m0/s1. The van der Waals surface area contributed by atoms with Crippen molar-refractivity contribution < 1.29 is 9.53 Å². The number of benzene rings is 4. The molecule has 0 aliphatic rings. The lowest BCUT2D eigenvalue weighted by Gasteiger charge is -2.18. The third kappa shape index (κ3) is 5.28. The van der Waals surface area contributed by atoms with Gasteiger partial charge in [-0.3, -0.25) is 4.79 Å². The predicted molar refractivity (Wildman–Crippen MR) is 141 cm³/mol. The number of fused-ring (bicyclic) bond motifs is 1.